The summed E-state index contributed by atoms with van der Waals surface area (Å²) in [5, 5.41) is 71.9. The summed E-state index contributed by atoms with van der Waals surface area (Å²) in [5.41, 5.74) is 15.4. The van der Waals surface area contributed by atoms with Crippen molar-refractivity contribution in [3.63, 3.8) is 0 Å². The van der Waals surface area contributed by atoms with E-state index in [1.807, 2.05) is 147 Å². The molecule has 8 aromatic rings. The molecule has 6 heteroatoms. The molecule has 0 atom stereocenters. The first-order chi connectivity index (χ1) is 30.4. The number of aromatic hydroxyl groups is 6. The molecule has 0 aromatic heterocycles. The van der Waals surface area contributed by atoms with Crippen LogP contribution >= 0.6 is 0 Å². The standard InChI is InChI=1S/C57H48O6/c1-32-13-34-15-36-19-44-28-45-20-37(16-35-14-33(2)53(59)43(18-35)27-42(17-34)52(32)58)22-47(55(45)61)30-49-24-41(39-11-7-4-8-12-39)26-51(57(49)63)31-50-25-40(38-9-5-3-6-10-38)23-48(56(50)62)29-46(21-36)54(44)60/h3-14,17-26,58-63H,15-16,27-31H2,1-2H3. The highest BCUT2D eigenvalue weighted by atomic mass is 16.3. The smallest absolute Gasteiger partial charge is 0.122 e. The van der Waals surface area contributed by atoms with Gasteiger partial charge in [0, 0.05) is 32.1 Å². The molecule has 0 aliphatic heterocycles. The van der Waals surface area contributed by atoms with Crippen LogP contribution in [-0.4, -0.2) is 30.6 Å². The molecule has 6 nitrogen and oxygen atoms in total. The monoisotopic (exact) mass is 828 g/mol. The Morgan fingerprint density at radius 3 is 0.778 bits per heavy atom. The predicted octanol–water partition coefficient (Wildman–Crippen LogP) is 11.6. The fraction of sp³-hybridized carbons (Fsp3) is 0.158. The SMILES string of the molecule is Cc1cc2cc(c1O)Cc1cc(cc(C)c1O)Cc1cc3c(O)c(c1)Cc1cc(-c4ccccc4)cc(c1O)Cc1cc(-c4ccccc4)cc(c1O)Cc1cc(cc(c1O)C3)C2. The van der Waals surface area contributed by atoms with E-state index in [0.717, 1.165) is 55.6 Å². The third-order valence-electron chi connectivity index (χ3n) is 13.0. The molecule has 10 rings (SSSR count). The van der Waals surface area contributed by atoms with Crippen LogP contribution in [0.4, 0.5) is 0 Å². The summed E-state index contributed by atoms with van der Waals surface area (Å²) in [7, 11) is 0. The second kappa shape index (κ2) is 15.8. The zero-order valence-corrected chi connectivity index (χ0v) is 35.3. The summed E-state index contributed by atoms with van der Waals surface area (Å²) >= 11 is 0. The average Bonchev–Trinajstić information content (AvgIpc) is 3.27. The fourth-order valence-electron chi connectivity index (χ4n) is 9.90. The number of fused-ring (bicyclic) bond motifs is 12. The van der Waals surface area contributed by atoms with Gasteiger partial charge in [0.2, 0.25) is 0 Å². The lowest BCUT2D eigenvalue weighted by Gasteiger charge is -2.21. The highest BCUT2D eigenvalue weighted by Gasteiger charge is 2.24. The van der Waals surface area contributed by atoms with Gasteiger partial charge >= 0.3 is 0 Å². The summed E-state index contributed by atoms with van der Waals surface area (Å²) in [6, 6.07) is 43.9. The highest BCUT2D eigenvalue weighted by Crippen LogP contribution is 2.42. The number of benzene rings is 8. The van der Waals surface area contributed by atoms with E-state index in [-0.39, 0.29) is 60.2 Å². The van der Waals surface area contributed by atoms with Gasteiger partial charge in [-0.05, 0) is 162 Å². The largest absolute Gasteiger partial charge is 0.507 e. The molecule has 8 aromatic carbocycles. The van der Waals surface area contributed by atoms with Crippen molar-refractivity contribution in [2.75, 3.05) is 0 Å². The summed E-state index contributed by atoms with van der Waals surface area (Å²) in [6.07, 6.45) is 2.12. The minimum Gasteiger partial charge on any atom is -0.507 e. The van der Waals surface area contributed by atoms with Crippen LogP contribution < -0.4 is 0 Å². The average molecular weight is 829 g/mol. The van der Waals surface area contributed by atoms with E-state index in [9.17, 15) is 30.6 Å². The topological polar surface area (TPSA) is 121 Å². The number of phenols is 6. The summed E-state index contributed by atoms with van der Waals surface area (Å²) in [5.74, 6) is 0.775. The van der Waals surface area contributed by atoms with E-state index in [4.69, 9.17) is 0 Å². The minimum atomic E-state index is 0.0983. The summed E-state index contributed by atoms with van der Waals surface area (Å²) < 4.78 is 0. The molecule has 0 saturated carbocycles. The van der Waals surface area contributed by atoms with Crippen molar-refractivity contribution in [2.45, 2.75) is 58.8 Å². The molecule has 0 amide bonds. The molecule has 0 fully saturated rings. The Balaban J connectivity index is 1.25. The molecule has 312 valence electrons. The number of aryl methyl sites for hydroxylation is 2. The van der Waals surface area contributed by atoms with Gasteiger partial charge in [-0.15, -0.1) is 0 Å². The maximum absolute atomic E-state index is 12.3. The van der Waals surface area contributed by atoms with Crippen LogP contribution in [0.2, 0.25) is 0 Å². The van der Waals surface area contributed by atoms with E-state index in [1.165, 1.54) is 0 Å². The zero-order chi connectivity index (χ0) is 43.5. The van der Waals surface area contributed by atoms with E-state index in [1.54, 1.807) is 0 Å². The van der Waals surface area contributed by atoms with Crippen molar-refractivity contribution in [1.29, 1.82) is 0 Å². The molecule has 63 heavy (non-hydrogen) atoms. The van der Waals surface area contributed by atoms with Crippen molar-refractivity contribution in [3.05, 3.63) is 222 Å². The normalized spacial score (nSPS) is 13.2. The summed E-state index contributed by atoms with van der Waals surface area (Å²) in [4.78, 5) is 0. The van der Waals surface area contributed by atoms with Gasteiger partial charge in [0.1, 0.15) is 34.5 Å². The maximum Gasteiger partial charge on any atom is 0.122 e. The van der Waals surface area contributed by atoms with Crippen LogP contribution in [0.5, 0.6) is 34.5 Å². The quantitative estimate of drug-likeness (QED) is 0.103. The van der Waals surface area contributed by atoms with Gasteiger partial charge in [-0.3, -0.25) is 0 Å². The maximum atomic E-state index is 12.3. The van der Waals surface area contributed by atoms with Crippen LogP contribution in [0.3, 0.4) is 0 Å². The van der Waals surface area contributed by atoms with Gasteiger partial charge in [-0.25, -0.2) is 0 Å². The van der Waals surface area contributed by atoms with Crippen molar-refractivity contribution in [2.24, 2.45) is 0 Å². The number of rotatable bonds is 2. The Kier molecular flexibility index (Phi) is 9.95. The van der Waals surface area contributed by atoms with Crippen molar-refractivity contribution in [3.8, 4) is 56.8 Å². The first kappa shape index (κ1) is 39.7. The number of hydrogen-bond donors (Lipinski definition) is 6. The third kappa shape index (κ3) is 7.63. The van der Waals surface area contributed by atoms with Crippen molar-refractivity contribution < 1.29 is 30.6 Å². The second-order valence-electron chi connectivity index (χ2n) is 17.6. The Bertz CT molecular complexity index is 2900. The second-order valence-corrected chi connectivity index (χ2v) is 17.6. The van der Waals surface area contributed by atoms with Crippen LogP contribution in [-0.2, 0) is 44.9 Å². The fourth-order valence-corrected chi connectivity index (χ4v) is 9.90. The van der Waals surface area contributed by atoms with E-state index >= 15 is 0 Å². The zero-order valence-electron chi connectivity index (χ0n) is 35.3. The lowest BCUT2D eigenvalue weighted by atomic mass is 9.86. The van der Waals surface area contributed by atoms with Crippen molar-refractivity contribution >= 4 is 0 Å². The molecule has 0 spiro atoms. The van der Waals surface area contributed by atoms with Gasteiger partial charge in [-0.2, -0.15) is 0 Å². The molecule has 0 radical (unpaired) electrons. The third-order valence-corrected chi connectivity index (χ3v) is 13.0. The van der Waals surface area contributed by atoms with Crippen LogP contribution in [0.15, 0.2) is 133 Å². The lowest BCUT2D eigenvalue weighted by Crippen LogP contribution is -2.05. The van der Waals surface area contributed by atoms with E-state index < -0.39 is 0 Å². The lowest BCUT2D eigenvalue weighted by molar-refractivity contribution is 0.450. The Morgan fingerprint density at radius 1 is 0.254 bits per heavy atom. The predicted molar refractivity (Wildman–Crippen MR) is 249 cm³/mol. The Hall–Kier alpha value is -7.44. The Morgan fingerprint density at radius 2 is 0.492 bits per heavy atom. The molecule has 14 bridgehead atoms. The highest BCUT2D eigenvalue weighted by molar-refractivity contribution is 5.71. The molecule has 2 aliphatic carbocycles. The molecule has 0 heterocycles. The molecule has 0 saturated heterocycles. The molecular formula is C57H48O6. The first-order valence-electron chi connectivity index (χ1n) is 21.5. The number of hydrogen-bond acceptors (Lipinski definition) is 6. The summed E-state index contributed by atoms with van der Waals surface area (Å²) in [6.45, 7) is 3.77. The molecular weight excluding hydrogens is 781 g/mol. The Labute approximate surface area is 367 Å². The first-order valence-corrected chi connectivity index (χ1v) is 21.5. The van der Waals surface area contributed by atoms with Crippen molar-refractivity contribution in [1.82, 2.24) is 0 Å². The van der Waals surface area contributed by atoms with Gasteiger partial charge in [0.15, 0.2) is 0 Å². The van der Waals surface area contributed by atoms with Gasteiger partial charge in [-0.1, -0.05) is 109 Å². The van der Waals surface area contributed by atoms with E-state index in [2.05, 4.69) is 0 Å². The van der Waals surface area contributed by atoms with Gasteiger partial charge in [0.05, 0.1) is 0 Å². The van der Waals surface area contributed by atoms with Gasteiger partial charge < -0.3 is 30.6 Å². The molecule has 6 N–H and O–H groups in total. The van der Waals surface area contributed by atoms with Gasteiger partial charge in [0.25, 0.3) is 0 Å². The molecule has 2 aliphatic rings. The number of phenolic OH excluding ortho intramolecular Hbond substituents is 6. The van der Waals surface area contributed by atoms with Crippen LogP contribution in [0, 0.1) is 13.8 Å². The van der Waals surface area contributed by atoms with Crippen LogP contribution in [0.25, 0.3) is 22.3 Å². The van der Waals surface area contributed by atoms with Crippen LogP contribution in [0.1, 0.15) is 89.0 Å². The van der Waals surface area contributed by atoms with E-state index in [0.29, 0.717) is 74.9 Å². The minimum absolute atomic E-state index is 0.0983. The molecule has 0 unspecified atom stereocenters.